The van der Waals surface area contributed by atoms with Crippen LogP contribution in [-0.4, -0.2) is 11.8 Å². The minimum atomic E-state index is -0.672. The van der Waals surface area contributed by atoms with Crippen LogP contribution in [0.3, 0.4) is 0 Å². The van der Waals surface area contributed by atoms with E-state index in [1.807, 2.05) is 13.8 Å². The third-order valence-electron chi connectivity index (χ3n) is 2.15. The van der Waals surface area contributed by atoms with Crippen molar-refractivity contribution in [1.29, 1.82) is 0 Å². The molecule has 90 valence electrons. The smallest absolute Gasteiger partial charge is 0.335 e. The van der Waals surface area contributed by atoms with Gasteiger partial charge in [-0.2, -0.15) is 0 Å². The standard InChI is InChI=1S/C13H14O4/c1-4-5-12(14)15-9-6-7-10-11(8-9)17-13(2,3)16-10/h4-8H,1-3H3/b5-4+. The maximum Gasteiger partial charge on any atom is 0.335 e. The molecule has 0 radical (unpaired) electrons. The first-order chi connectivity index (χ1) is 8.00. The van der Waals surface area contributed by atoms with Crippen molar-refractivity contribution < 1.29 is 19.0 Å². The van der Waals surface area contributed by atoms with E-state index < -0.39 is 11.8 Å². The van der Waals surface area contributed by atoms with E-state index in [1.54, 1.807) is 31.2 Å². The second-order valence-corrected chi connectivity index (χ2v) is 4.13. The average molecular weight is 234 g/mol. The van der Waals surface area contributed by atoms with Crippen molar-refractivity contribution in [3.05, 3.63) is 30.4 Å². The lowest BCUT2D eigenvalue weighted by Crippen LogP contribution is -2.29. The molecule has 0 atom stereocenters. The summed E-state index contributed by atoms with van der Waals surface area (Å²) in [5.41, 5.74) is 0. The maximum atomic E-state index is 11.3. The Morgan fingerprint density at radius 1 is 1.29 bits per heavy atom. The van der Waals surface area contributed by atoms with E-state index in [2.05, 4.69) is 0 Å². The van der Waals surface area contributed by atoms with E-state index >= 15 is 0 Å². The number of esters is 1. The van der Waals surface area contributed by atoms with Gasteiger partial charge in [0, 0.05) is 26.0 Å². The zero-order valence-corrected chi connectivity index (χ0v) is 10.0. The number of allylic oxidation sites excluding steroid dienone is 1. The summed E-state index contributed by atoms with van der Waals surface area (Å²) in [5, 5.41) is 0. The van der Waals surface area contributed by atoms with Gasteiger partial charge in [-0.3, -0.25) is 0 Å². The minimum absolute atomic E-state index is 0.411. The summed E-state index contributed by atoms with van der Waals surface area (Å²) in [4.78, 5) is 11.3. The molecule has 1 heterocycles. The van der Waals surface area contributed by atoms with Crippen LogP contribution in [-0.2, 0) is 4.79 Å². The molecule has 0 fully saturated rings. The summed E-state index contributed by atoms with van der Waals surface area (Å²) >= 11 is 0. The van der Waals surface area contributed by atoms with Gasteiger partial charge in [0.05, 0.1) is 0 Å². The molecule has 4 heteroatoms. The van der Waals surface area contributed by atoms with Crippen LogP contribution < -0.4 is 14.2 Å². The molecular weight excluding hydrogens is 220 g/mol. The van der Waals surface area contributed by atoms with E-state index in [0.29, 0.717) is 17.2 Å². The Balaban J connectivity index is 2.16. The number of benzene rings is 1. The molecule has 2 rings (SSSR count). The van der Waals surface area contributed by atoms with Gasteiger partial charge in [-0.25, -0.2) is 4.79 Å². The molecule has 0 amide bonds. The lowest BCUT2D eigenvalue weighted by molar-refractivity contribution is -0.129. The molecule has 1 aliphatic rings. The summed E-state index contributed by atoms with van der Waals surface area (Å²) in [6, 6.07) is 5.04. The molecule has 0 bridgehead atoms. The predicted octanol–water partition coefficient (Wildman–Crippen LogP) is 2.68. The molecule has 0 N–H and O–H groups in total. The van der Waals surface area contributed by atoms with Crippen molar-refractivity contribution >= 4 is 5.97 Å². The van der Waals surface area contributed by atoms with Gasteiger partial charge in [-0.1, -0.05) is 6.08 Å². The first-order valence-electron chi connectivity index (χ1n) is 5.37. The topological polar surface area (TPSA) is 44.8 Å². The molecule has 0 aromatic heterocycles. The van der Waals surface area contributed by atoms with E-state index in [-0.39, 0.29) is 0 Å². The van der Waals surface area contributed by atoms with Crippen molar-refractivity contribution in [2.45, 2.75) is 26.6 Å². The first-order valence-corrected chi connectivity index (χ1v) is 5.37. The van der Waals surface area contributed by atoms with Crippen molar-refractivity contribution in [1.82, 2.24) is 0 Å². The molecule has 0 saturated heterocycles. The molecular formula is C13H14O4. The Bertz CT molecular complexity index is 474. The largest absolute Gasteiger partial charge is 0.449 e. The zero-order chi connectivity index (χ0) is 12.5. The van der Waals surface area contributed by atoms with Crippen LogP contribution in [0.1, 0.15) is 20.8 Å². The second-order valence-electron chi connectivity index (χ2n) is 4.13. The molecule has 0 saturated carbocycles. The Labute approximate surface area is 99.8 Å². The zero-order valence-electron chi connectivity index (χ0n) is 10.0. The van der Waals surface area contributed by atoms with E-state index in [0.717, 1.165) is 0 Å². The number of hydrogen-bond acceptors (Lipinski definition) is 4. The predicted molar refractivity (Wildman–Crippen MR) is 62.2 cm³/mol. The average Bonchev–Trinajstić information content (AvgIpc) is 2.51. The molecule has 1 aromatic rings. The van der Waals surface area contributed by atoms with Gasteiger partial charge in [-0.15, -0.1) is 0 Å². The highest BCUT2D eigenvalue weighted by Gasteiger charge is 2.31. The maximum absolute atomic E-state index is 11.3. The van der Waals surface area contributed by atoms with Crippen molar-refractivity contribution in [2.75, 3.05) is 0 Å². The Morgan fingerprint density at radius 3 is 2.71 bits per heavy atom. The molecule has 0 unspecified atom stereocenters. The molecule has 1 aliphatic heterocycles. The van der Waals surface area contributed by atoms with Gasteiger partial charge in [-0.05, 0) is 19.1 Å². The van der Waals surface area contributed by atoms with E-state index in [4.69, 9.17) is 14.2 Å². The third-order valence-corrected chi connectivity index (χ3v) is 2.15. The van der Waals surface area contributed by atoms with Gasteiger partial charge in [0.1, 0.15) is 5.75 Å². The first kappa shape index (κ1) is 11.5. The van der Waals surface area contributed by atoms with E-state index in [9.17, 15) is 4.79 Å². The lowest BCUT2D eigenvalue weighted by Gasteiger charge is -2.16. The number of carbonyl (C=O) groups excluding carboxylic acids is 1. The SMILES string of the molecule is C/C=C/C(=O)Oc1ccc2c(c1)OC(C)(C)O2. The van der Waals surface area contributed by atoms with Gasteiger partial charge >= 0.3 is 5.97 Å². The highest BCUT2D eigenvalue weighted by atomic mass is 16.7. The molecule has 0 spiro atoms. The van der Waals surface area contributed by atoms with Gasteiger partial charge in [0.15, 0.2) is 11.5 Å². The summed E-state index contributed by atoms with van der Waals surface area (Å²) in [6.45, 7) is 5.39. The van der Waals surface area contributed by atoms with Gasteiger partial charge in [0.25, 0.3) is 0 Å². The highest BCUT2D eigenvalue weighted by Crippen LogP contribution is 2.41. The second kappa shape index (κ2) is 4.13. The van der Waals surface area contributed by atoms with Crippen LogP contribution in [0.5, 0.6) is 17.2 Å². The summed E-state index contributed by atoms with van der Waals surface area (Å²) in [6.07, 6.45) is 2.98. The minimum Gasteiger partial charge on any atom is -0.449 e. The van der Waals surface area contributed by atoms with Gasteiger partial charge in [0.2, 0.25) is 5.79 Å². The summed E-state index contributed by atoms with van der Waals surface area (Å²) < 4.78 is 16.2. The number of rotatable bonds is 2. The Kier molecular flexibility index (Phi) is 2.79. The van der Waals surface area contributed by atoms with Crippen LogP contribution in [0.15, 0.2) is 30.4 Å². The number of hydrogen-bond donors (Lipinski definition) is 0. The van der Waals surface area contributed by atoms with Crippen LogP contribution in [0.2, 0.25) is 0 Å². The molecule has 4 nitrogen and oxygen atoms in total. The Hall–Kier alpha value is -1.97. The Morgan fingerprint density at radius 2 is 2.00 bits per heavy atom. The fraction of sp³-hybridized carbons (Fsp3) is 0.308. The van der Waals surface area contributed by atoms with Crippen LogP contribution in [0.25, 0.3) is 0 Å². The van der Waals surface area contributed by atoms with E-state index in [1.165, 1.54) is 6.08 Å². The van der Waals surface area contributed by atoms with Crippen molar-refractivity contribution in [3.8, 4) is 17.2 Å². The summed E-state index contributed by atoms with van der Waals surface area (Å²) in [7, 11) is 0. The number of ether oxygens (including phenoxy) is 3. The summed E-state index contributed by atoms with van der Waals surface area (Å²) in [5.74, 6) is 0.592. The van der Waals surface area contributed by atoms with Crippen molar-refractivity contribution in [3.63, 3.8) is 0 Å². The van der Waals surface area contributed by atoms with Crippen LogP contribution in [0.4, 0.5) is 0 Å². The number of carbonyl (C=O) groups is 1. The fourth-order valence-electron chi connectivity index (χ4n) is 1.55. The van der Waals surface area contributed by atoms with Crippen LogP contribution in [0, 0.1) is 0 Å². The fourth-order valence-corrected chi connectivity index (χ4v) is 1.55. The molecule has 17 heavy (non-hydrogen) atoms. The molecule has 0 aliphatic carbocycles. The third kappa shape index (κ3) is 2.58. The molecule has 1 aromatic carbocycles. The van der Waals surface area contributed by atoms with Crippen LogP contribution >= 0.6 is 0 Å². The number of fused-ring (bicyclic) bond motifs is 1. The lowest BCUT2D eigenvalue weighted by atomic mass is 10.3. The highest BCUT2D eigenvalue weighted by molar-refractivity contribution is 5.84. The van der Waals surface area contributed by atoms with Gasteiger partial charge < -0.3 is 14.2 Å². The monoisotopic (exact) mass is 234 g/mol. The quantitative estimate of drug-likeness (QED) is 0.448. The van der Waals surface area contributed by atoms with Crippen molar-refractivity contribution in [2.24, 2.45) is 0 Å². The normalized spacial score (nSPS) is 16.2.